The second kappa shape index (κ2) is 6.61. The van der Waals surface area contributed by atoms with E-state index >= 15 is 0 Å². The van der Waals surface area contributed by atoms with Crippen molar-refractivity contribution in [3.8, 4) is 0 Å². The largest absolute Gasteiger partial charge is 0.367 e. The van der Waals surface area contributed by atoms with Crippen LogP contribution in [0.2, 0.25) is 5.02 Å². The number of anilines is 1. The van der Waals surface area contributed by atoms with E-state index in [0.717, 1.165) is 20.7 Å². The fraction of sp³-hybridized carbons (Fsp3) is 0.250. The van der Waals surface area contributed by atoms with E-state index in [4.69, 9.17) is 17.3 Å². The molecule has 0 aliphatic heterocycles. The molecule has 2 nitrogen and oxygen atoms in total. The van der Waals surface area contributed by atoms with Crippen molar-refractivity contribution in [3.63, 3.8) is 0 Å². The van der Waals surface area contributed by atoms with Gasteiger partial charge in [-0.1, -0.05) is 29.8 Å². The Morgan fingerprint density at radius 2 is 1.85 bits per heavy atom. The molecule has 106 valence electrons. The van der Waals surface area contributed by atoms with Crippen LogP contribution in [0, 0.1) is 0 Å². The molecule has 1 atom stereocenters. The smallest absolute Gasteiger partial charge is 0.0513 e. The molecule has 0 amide bonds. The second-order valence-corrected chi connectivity index (χ2v) is 6.12. The molecule has 2 N–H and O–H groups in total. The molecule has 0 aliphatic rings. The molecule has 0 fully saturated rings. The van der Waals surface area contributed by atoms with Gasteiger partial charge in [-0.2, -0.15) is 0 Å². The van der Waals surface area contributed by atoms with Crippen molar-refractivity contribution < 1.29 is 0 Å². The first-order valence-electron chi connectivity index (χ1n) is 6.49. The number of hydrogen-bond acceptors (Lipinski definition) is 2. The molecule has 0 saturated carbocycles. The lowest BCUT2D eigenvalue weighted by atomic mass is 10.1. The summed E-state index contributed by atoms with van der Waals surface area (Å²) in [5.41, 5.74) is 9.15. The lowest BCUT2D eigenvalue weighted by molar-refractivity contribution is 0.738. The molecular weight excluding hydrogens is 336 g/mol. The van der Waals surface area contributed by atoms with Crippen LogP contribution in [-0.2, 0) is 6.54 Å². The summed E-state index contributed by atoms with van der Waals surface area (Å²) in [6.07, 6.45) is 0. The third-order valence-corrected chi connectivity index (χ3v) is 4.45. The zero-order valence-corrected chi connectivity index (χ0v) is 13.9. The van der Waals surface area contributed by atoms with Crippen molar-refractivity contribution in [2.45, 2.75) is 19.5 Å². The molecule has 1 unspecified atom stereocenters. The maximum Gasteiger partial charge on any atom is 0.0513 e. The lowest BCUT2D eigenvalue weighted by Gasteiger charge is -2.28. The van der Waals surface area contributed by atoms with E-state index in [1.807, 2.05) is 12.1 Å². The molecule has 0 spiro atoms. The average Bonchev–Trinajstić information content (AvgIpc) is 2.46. The van der Waals surface area contributed by atoms with Crippen LogP contribution < -0.4 is 10.6 Å². The highest BCUT2D eigenvalue weighted by molar-refractivity contribution is 9.10. The summed E-state index contributed by atoms with van der Waals surface area (Å²) < 4.78 is 1.06. The molecule has 0 saturated heterocycles. The normalized spacial score (nSPS) is 12.2. The lowest BCUT2D eigenvalue weighted by Crippen LogP contribution is -2.22. The van der Waals surface area contributed by atoms with Gasteiger partial charge in [0.15, 0.2) is 0 Å². The van der Waals surface area contributed by atoms with E-state index in [1.54, 1.807) is 0 Å². The average molecular weight is 354 g/mol. The Bertz CT molecular complexity index is 584. The Morgan fingerprint density at radius 1 is 1.20 bits per heavy atom. The summed E-state index contributed by atoms with van der Waals surface area (Å²) in [5, 5.41) is 0.761. The topological polar surface area (TPSA) is 29.3 Å². The van der Waals surface area contributed by atoms with E-state index in [1.165, 1.54) is 5.56 Å². The predicted octanol–water partition coefficient (Wildman–Crippen LogP) is 4.76. The van der Waals surface area contributed by atoms with Crippen molar-refractivity contribution in [2.24, 2.45) is 5.73 Å². The minimum absolute atomic E-state index is 0.257. The fourth-order valence-corrected chi connectivity index (χ4v) is 2.97. The highest BCUT2D eigenvalue weighted by atomic mass is 79.9. The Kier molecular flexibility index (Phi) is 5.08. The molecule has 2 rings (SSSR count). The number of rotatable bonds is 4. The van der Waals surface area contributed by atoms with Gasteiger partial charge in [0.1, 0.15) is 0 Å². The summed E-state index contributed by atoms with van der Waals surface area (Å²) >= 11 is 9.56. The molecule has 0 heterocycles. The van der Waals surface area contributed by atoms with Gasteiger partial charge in [0.2, 0.25) is 0 Å². The molecule has 2 aromatic carbocycles. The van der Waals surface area contributed by atoms with Gasteiger partial charge in [0.05, 0.1) is 11.7 Å². The van der Waals surface area contributed by atoms with Crippen molar-refractivity contribution in [2.75, 3.05) is 11.9 Å². The predicted molar refractivity (Wildman–Crippen MR) is 90.3 cm³/mol. The molecule has 20 heavy (non-hydrogen) atoms. The molecule has 0 bridgehead atoms. The highest BCUT2D eigenvalue weighted by Crippen LogP contribution is 2.32. The SMILES string of the molecule is CC(c1ccc(Cl)cc1)N(C)c1ccc(CN)cc1Br. The molecule has 0 aromatic heterocycles. The highest BCUT2D eigenvalue weighted by Gasteiger charge is 2.14. The second-order valence-electron chi connectivity index (χ2n) is 4.83. The summed E-state index contributed by atoms with van der Waals surface area (Å²) in [7, 11) is 2.08. The van der Waals surface area contributed by atoms with Gasteiger partial charge in [-0.05, 0) is 58.2 Å². The van der Waals surface area contributed by atoms with E-state index in [9.17, 15) is 0 Å². The van der Waals surface area contributed by atoms with Gasteiger partial charge in [0.25, 0.3) is 0 Å². The summed E-state index contributed by atoms with van der Waals surface area (Å²) in [4.78, 5) is 2.23. The molecule has 2 aromatic rings. The van der Waals surface area contributed by atoms with Crippen LogP contribution in [-0.4, -0.2) is 7.05 Å². The quantitative estimate of drug-likeness (QED) is 0.858. The van der Waals surface area contributed by atoms with Crippen LogP contribution in [0.25, 0.3) is 0 Å². The van der Waals surface area contributed by atoms with Crippen LogP contribution in [0.4, 0.5) is 5.69 Å². The van der Waals surface area contributed by atoms with Crippen LogP contribution in [0.5, 0.6) is 0 Å². The van der Waals surface area contributed by atoms with Crippen LogP contribution in [0.1, 0.15) is 24.1 Å². The van der Waals surface area contributed by atoms with E-state index in [2.05, 4.69) is 65.1 Å². The molecular formula is C16H18BrClN2. The summed E-state index contributed by atoms with van der Waals surface area (Å²) in [6.45, 7) is 2.72. The monoisotopic (exact) mass is 352 g/mol. The fourth-order valence-electron chi connectivity index (χ4n) is 2.14. The third kappa shape index (κ3) is 3.35. The summed E-state index contributed by atoms with van der Waals surface area (Å²) in [5.74, 6) is 0. The summed E-state index contributed by atoms with van der Waals surface area (Å²) in [6, 6.07) is 14.5. The first-order chi connectivity index (χ1) is 9.52. The molecule has 4 heteroatoms. The minimum atomic E-state index is 0.257. The van der Waals surface area contributed by atoms with E-state index in [0.29, 0.717) is 6.54 Å². The van der Waals surface area contributed by atoms with Gasteiger partial charge in [-0.15, -0.1) is 0 Å². The van der Waals surface area contributed by atoms with Gasteiger partial charge < -0.3 is 10.6 Å². The standard InChI is InChI=1S/C16H18BrClN2/c1-11(13-4-6-14(18)7-5-13)20(2)16-8-3-12(10-19)9-15(16)17/h3-9,11H,10,19H2,1-2H3. The van der Waals surface area contributed by atoms with Gasteiger partial charge in [-0.25, -0.2) is 0 Å². The van der Waals surface area contributed by atoms with E-state index < -0.39 is 0 Å². The first kappa shape index (κ1) is 15.4. The van der Waals surface area contributed by atoms with Gasteiger partial charge in [-0.3, -0.25) is 0 Å². The van der Waals surface area contributed by atoms with Crippen LogP contribution >= 0.6 is 27.5 Å². The Balaban J connectivity index is 2.26. The van der Waals surface area contributed by atoms with Crippen molar-refractivity contribution in [1.82, 2.24) is 0 Å². The van der Waals surface area contributed by atoms with Gasteiger partial charge >= 0.3 is 0 Å². The number of halogens is 2. The number of hydrogen-bond donors (Lipinski definition) is 1. The van der Waals surface area contributed by atoms with E-state index in [-0.39, 0.29) is 6.04 Å². The van der Waals surface area contributed by atoms with Crippen molar-refractivity contribution >= 4 is 33.2 Å². The van der Waals surface area contributed by atoms with Crippen LogP contribution in [0.15, 0.2) is 46.9 Å². The van der Waals surface area contributed by atoms with Crippen molar-refractivity contribution in [3.05, 3.63) is 63.1 Å². The van der Waals surface area contributed by atoms with Gasteiger partial charge in [0, 0.05) is 23.1 Å². The zero-order chi connectivity index (χ0) is 14.7. The maximum absolute atomic E-state index is 5.94. The van der Waals surface area contributed by atoms with Crippen LogP contribution in [0.3, 0.4) is 0 Å². The number of nitrogens with two attached hydrogens (primary N) is 1. The third-order valence-electron chi connectivity index (χ3n) is 3.56. The Morgan fingerprint density at radius 3 is 2.40 bits per heavy atom. The molecule has 0 aliphatic carbocycles. The maximum atomic E-state index is 5.94. The first-order valence-corrected chi connectivity index (χ1v) is 7.67. The number of benzene rings is 2. The Hall–Kier alpha value is -1.03. The zero-order valence-electron chi connectivity index (χ0n) is 11.6. The Labute approximate surface area is 133 Å². The minimum Gasteiger partial charge on any atom is -0.367 e. The molecule has 0 radical (unpaired) electrons. The van der Waals surface area contributed by atoms with Crippen molar-refractivity contribution in [1.29, 1.82) is 0 Å². The number of nitrogens with zero attached hydrogens (tertiary/aromatic N) is 1.